The van der Waals surface area contributed by atoms with Crippen molar-refractivity contribution in [2.24, 2.45) is 0 Å². The van der Waals surface area contributed by atoms with Gasteiger partial charge in [-0.05, 0) is 71.0 Å². The average Bonchev–Trinajstić information content (AvgIpc) is 3.07. The Morgan fingerprint density at radius 3 is 1.93 bits per heavy atom. The van der Waals surface area contributed by atoms with Gasteiger partial charge >= 0.3 is 6.03 Å². The van der Waals surface area contributed by atoms with E-state index in [0.717, 1.165) is 42.0 Å². The monoisotopic (exact) mass is 595 g/mol. The van der Waals surface area contributed by atoms with Gasteiger partial charge in [-0.25, -0.2) is 9.69 Å². The van der Waals surface area contributed by atoms with E-state index < -0.39 is 17.8 Å². The number of nitrogens with zero attached hydrogens (tertiary/aromatic N) is 2. The van der Waals surface area contributed by atoms with Crippen LogP contribution < -0.4 is 19.9 Å². The number of ether oxygens (including phenoxy) is 1. The number of amides is 4. The minimum atomic E-state index is -0.751. The van der Waals surface area contributed by atoms with E-state index in [4.69, 9.17) is 4.74 Å². The first kappa shape index (κ1) is 28.3. The zero-order chi connectivity index (χ0) is 30.9. The minimum Gasteiger partial charge on any atom is -0.490 e. The number of nitrogens with one attached hydrogen (secondary N) is 1. The van der Waals surface area contributed by atoms with Crippen LogP contribution in [0.1, 0.15) is 52.5 Å². The SMILES string of the molecule is C=CCOc1ccc(/C=C2\C(=O)NC(=O)N(c3cc4c5c(c3)[C@H](c3ccccc3)CCN5CC[C@H]4c3ccccc3)C2=O)cc1. The van der Waals surface area contributed by atoms with Crippen LogP contribution in [0.4, 0.5) is 16.2 Å². The molecule has 1 saturated heterocycles. The first-order chi connectivity index (χ1) is 22.0. The lowest BCUT2D eigenvalue weighted by Gasteiger charge is -2.44. The number of carbonyl (C=O) groups excluding carboxylic acids is 3. The Labute approximate surface area is 262 Å². The van der Waals surface area contributed by atoms with Crippen LogP contribution in [0.25, 0.3) is 6.08 Å². The summed E-state index contributed by atoms with van der Waals surface area (Å²) in [4.78, 5) is 44.0. The van der Waals surface area contributed by atoms with Gasteiger partial charge in [0.05, 0.1) is 5.69 Å². The lowest BCUT2D eigenvalue weighted by atomic mass is 9.76. The Balaban J connectivity index is 1.34. The maximum atomic E-state index is 14.0. The molecule has 4 amide bonds. The molecule has 0 aromatic heterocycles. The summed E-state index contributed by atoms with van der Waals surface area (Å²) in [5.74, 6) is -0.521. The zero-order valence-electron chi connectivity index (χ0n) is 24.8. The van der Waals surface area contributed by atoms with Crippen LogP contribution in [0, 0.1) is 0 Å². The molecule has 3 aliphatic rings. The molecule has 1 fully saturated rings. The van der Waals surface area contributed by atoms with E-state index in [0.29, 0.717) is 23.6 Å². The summed E-state index contributed by atoms with van der Waals surface area (Å²) in [6.07, 6.45) is 5.01. The third-order valence-corrected chi connectivity index (χ3v) is 8.92. The molecule has 4 aromatic rings. The second kappa shape index (κ2) is 11.9. The quantitative estimate of drug-likeness (QED) is 0.145. The molecule has 3 heterocycles. The van der Waals surface area contributed by atoms with Gasteiger partial charge in [-0.2, -0.15) is 0 Å². The van der Waals surface area contributed by atoms with Crippen molar-refractivity contribution in [2.45, 2.75) is 24.7 Å². The fourth-order valence-corrected chi connectivity index (χ4v) is 6.84. The van der Waals surface area contributed by atoms with Gasteiger partial charge in [0.15, 0.2) is 0 Å². The molecule has 1 N–H and O–H groups in total. The van der Waals surface area contributed by atoms with Crippen LogP contribution >= 0.6 is 0 Å². The third-order valence-electron chi connectivity index (χ3n) is 8.92. The molecule has 0 radical (unpaired) electrons. The van der Waals surface area contributed by atoms with Crippen LogP contribution in [0.2, 0.25) is 0 Å². The second-order valence-electron chi connectivity index (χ2n) is 11.6. The topological polar surface area (TPSA) is 79.0 Å². The highest BCUT2D eigenvalue weighted by molar-refractivity contribution is 6.39. The maximum Gasteiger partial charge on any atom is 0.335 e. The summed E-state index contributed by atoms with van der Waals surface area (Å²) in [6.45, 7) is 5.89. The second-order valence-corrected chi connectivity index (χ2v) is 11.6. The van der Waals surface area contributed by atoms with E-state index in [1.165, 1.54) is 22.9 Å². The first-order valence-electron chi connectivity index (χ1n) is 15.3. The normalized spacial score (nSPS) is 20.1. The Morgan fingerprint density at radius 2 is 1.38 bits per heavy atom. The van der Waals surface area contributed by atoms with Crippen LogP contribution in [0.5, 0.6) is 5.75 Å². The molecule has 2 atom stereocenters. The summed E-state index contributed by atoms with van der Waals surface area (Å²) in [5.41, 5.74) is 6.77. The Kier molecular flexibility index (Phi) is 7.51. The number of rotatable bonds is 7. The van der Waals surface area contributed by atoms with Crippen molar-refractivity contribution in [1.82, 2.24) is 5.32 Å². The average molecular weight is 596 g/mol. The fourth-order valence-electron chi connectivity index (χ4n) is 6.84. The summed E-state index contributed by atoms with van der Waals surface area (Å²) >= 11 is 0. The molecule has 0 saturated carbocycles. The number of carbonyl (C=O) groups is 3. The summed E-state index contributed by atoms with van der Waals surface area (Å²) in [6, 6.07) is 31.0. The number of hydrogen-bond donors (Lipinski definition) is 1. The highest BCUT2D eigenvalue weighted by Gasteiger charge is 2.40. The lowest BCUT2D eigenvalue weighted by Crippen LogP contribution is -2.54. The molecule has 0 bridgehead atoms. The van der Waals surface area contributed by atoms with E-state index in [-0.39, 0.29) is 17.4 Å². The Hall–Kier alpha value is -5.43. The molecule has 4 aromatic carbocycles. The molecule has 0 spiro atoms. The minimum absolute atomic E-state index is 0.104. The highest BCUT2D eigenvalue weighted by Crippen LogP contribution is 2.50. The van der Waals surface area contributed by atoms with Crippen molar-refractivity contribution in [2.75, 3.05) is 29.5 Å². The van der Waals surface area contributed by atoms with Crippen molar-refractivity contribution in [3.8, 4) is 5.75 Å². The Morgan fingerprint density at radius 1 is 0.800 bits per heavy atom. The molecule has 7 rings (SSSR count). The third kappa shape index (κ3) is 5.31. The molecule has 0 aliphatic carbocycles. The van der Waals surface area contributed by atoms with Crippen LogP contribution in [0.3, 0.4) is 0 Å². The number of imide groups is 2. The maximum absolute atomic E-state index is 14.0. The number of benzene rings is 4. The Bertz CT molecular complexity index is 1740. The van der Waals surface area contributed by atoms with Gasteiger partial charge in [0, 0.05) is 30.6 Å². The molecule has 3 aliphatic heterocycles. The molecule has 7 heteroatoms. The standard InChI is InChI=1S/C38H33N3O4/c1-2-21-45-29-15-13-25(14-16-29)22-34-36(42)39-38(44)41(37(34)43)28-23-32-30(26-9-5-3-6-10-26)17-19-40-20-18-31(33(24-28)35(32)40)27-11-7-4-8-12-27/h2-16,22-24,30-31H,1,17-21H2,(H,39,42,44)/b34-22+/t30-,31-/m0/s1. The van der Waals surface area contributed by atoms with Crippen molar-refractivity contribution < 1.29 is 19.1 Å². The molecular weight excluding hydrogens is 562 g/mol. The smallest absolute Gasteiger partial charge is 0.335 e. The summed E-state index contributed by atoms with van der Waals surface area (Å²) < 4.78 is 5.55. The fraction of sp³-hybridized carbons (Fsp3) is 0.184. The van der Waals surface area contributed by atoms with E-state index in [2.05, 4.69) is 41.1 Å². The van der Waals surface area contributed by atoms with E-state index in [1.54, 1.807) is 30.3 Å². The lowest BCUT2D eigenvalue weighted by molar-refractivity contribution is -0.122. The summed E-state index contributed by atoms with van der Waals surface area (Å²) in [7, 11) is 0. The largest absolute Gasteiger partial charge is 0.490 e. The van der Waals surface area contributed by atoms with Crippen molar-refractivity contribution in [1.29, 1.82) is 0 Å². The van der Waals surface area contributed by atoms with E-state index in [1.807, 2.05) is 48.5 Å². The predicted octanol–water partition coefficient (Wildman–Crippen LogP) is 6.80. The van der Waals surface area contributed by atoms with Gasteiger partial charge in [-0.3, -0.25) is 14.9 Å². The van der Waals surface area contributed by atoms with E-state index >= 15 is 0 Å². The van der Waals surface area contributed by atoms with Gasteiger partial charge in [0.25, 0.3) is 11.8 Å². The number of anilines is 2. The number of barbiturate groups is 1. The van der Waals surface area contributed by atoms with E-state index in [9.17, 15) is 14.4 Å². The van der Waals surface area contributed by atoms with Gasteiger partial charge < -0.3 is 9.64 Å². The van der Waals surface area contributed by atoms with Gasteiger partial charge in [0.2, 0.25) is 0 Å². The molecule has 45 heavy (non-hydrogen) atoms. The number of urea groups is 1. The van der Waals surface area contributed by atoms with Crippen LogP contribution in [-0.2, 0) is 9.59 Å². The predicted molar refractivity (Wildman–Crippen MR) is 176 cm³/mol. The summed E-state index contributed by atoms with van der Waals surface area (Å²) in [5, 5.41) is 2.41. The van der Waals surface area contributed by atoms with Crippen LogP contribution in [-0.4, -0.2) is 37.5 Å². The number of hydrogen-bond acceptors (Lipinski definition) is 5. The molecule has 7 nitrogen and oxygen atoms in total. The van der Waals surface area contributed by atoms with Crippen molar-refractivity contribution in [3.63, 3.8) is 0 Å². The van der Waals surface area contributed by atoms with Crippen molar-refractivity contribution >= 4 is 35.3 Å². The van der Waals surface area contributed by atoms with Crippen LogP contribution in [0.15, 0.2) is 115 Å². The molecular formula is C38H33N3O4. The first-order valence-corrected chi connectivity index (χ1v) is 15.3. The zero-order valence-corrected chi connectivity index (χ0v) is 24.8. The van der Waals surface area contributed by atoms with Gasteiger partial charge in [-0.1, -0.05) is 85.5 Å². The van der Waals surface area contributed by atoms with Gasteiger partial charge in [-0.15, -0.1) is 0 Å². The van der Waals surface area contributed by atoms with Crippen molar-refractivity contribution in [3.05, 3.63) is 143 Å². The highest BCUT2D eigenvalue weighted by atomic mass is 16.5. The van der Waals surface area contributed by atoms with Gasteiger partial charge in [0.1, 0.15) is 17.9 Å². The molecule has 224 valence electrons. The molecule has 0 unspecified atom stereocenters.